The van der Waals surface area contributed by atoms with Crippen LogP contribution in [-0.2, 0) is 14.3 Å². The van der Waals surface area contributed by atoms with Crippen molar-refractivity contribution in [2.24, 2.45) is 5.41 Å². The van der Waals surface area contributed by atoms with Crippen LogP contribution in [0.5, 0.6) is 0 Å². The average Bonchev–Trinajstić information content (AvgIpc) is 3.46. The minimum atomic E-state index is -0.483. The fourth-order valence-corrected chi connectivity index (χ4v) is 5.21. The van der Waals surface area contributed by atoms with Gasteiger partial charge in [-0.3, -0.25) is 9.59 Å². The van der Waals surface area contributed by atoms with Crippen LogP contribution in [0.2, 0.25) is 0 Å². The summed E-state index contributed by atoms with van der Waals surface area (Å²) >= 11 is 0. The van der Waals surface area contributed by atoms with E-state index in [9.17, 15) is 9.59 Å². The molecule has 2 aliphatic heterocycles. The van der Waals surface area contributed by atoms with Crippen LogP contribution in [0.25, 0.3) is 0 Å². The summed E-state index contributed by atoms with van der Waals surface area (Å²) in [5.41, 5.74) is 3.21. The highest BCUT2D eigenvalue weighted by atomic mass is 16.5. The van der Waals surface area contributed by atoms with Crippen LogP contribution in [0.3, 0.4) is 0 Å². The second-order valence-corrected chi connectivity index (χ2v) is 9.96. The molecule has 33 heavy (non-hydrogen) atoms. The molecule has 2 aromatic rings. The highest BCUT2D eigenvalue weighted by Gasteiger charge is 2.42. The lowest BCUT2D eigenvalue weighted by Crippen LogP contribution is -2.43. The van der Waals surface area contributed by atoms with Crippen molar-refractivity contribution in [1.29, 1.82) is 0 Å². The molecule has 0 radical (unpaired) electrons. The molecule has 1 amide bonds. The second kappa shape index (κ2) is 8.71. The highest BCUT2D eigenvalue weighted by Crippen LogP contribution is 2.48. The number of amides is 1. The Balaban J connectivity index is 1.54. The number of para-hydroxylation sites is 2. The number of rotatable bonds is 5. The molecule has 5 rings (SSSR count). The van der Waals surface area contributed by atoms with Crippen molar-refractivity contribution in [3.05, 3.63) is 59.7 Å². The van der Waals surface area contributed by atoms with Crippen LogP contribution in [0.4, 0.5) is 11.4 Å². The quantitative estimate of drug-likeness (QED) is 0.712. The number of benzene rings is 1. The molecule has 2 atom stereocenters. The molecule has 174 valence electrons. The third-order valence-electron chi connectivity index (χ3n) is 6.68. The number of allylic oxidation sites excluding steroid dienone is 1. The van der Waals surface area contributed by atoms with Crippen molar-refractivity contribution in [3.63, 3.8) is 0 Å². The van der Waals surface area contributed by atoms with Gasteiger partial charge in [0.15, 0.2) is 5.78 Å². The van der Waals surface area contributed by atoms with Gasteiger partial charge >= 0.3 is 0 Å². The molecular weight excluding hydrogens is 418 g/mol. The van der Waals surface area contributed by atoms with Crippen LogP contribution in [-0.4, -0.2) is 37.5 Å². The molecule has 0 saturated carbocycles. The molecule has 2 N–H and O–H groups in total. The van der Waals surface area contributed by atoms with E-state index in [-0.39, 0.29) is 29.8 Å². The maximum atomic E-state index is 13.5. The van der Waals surface area contributed by atoms with Crippen molar-refractivity contribution in [1.82, 2.24) is 5.32 Å². The van der Waals surface area contributed by atoms with Crippen molar-refractivity contribution >= 4 is 23.1 Å². The maximum Gasteiger partial charge on any atom is 0.239 e. The molecule has 0 spiro atoms. The predicted molar refractivity (Wildman–Crippen MR) is 126 cm³/mol. The Labute approximate surface area is 194 Å². The summed E-state index contributed by atoms with van der Waals surface area (Å²) in [7, 11) is 0. The topological polar surface area (TPSA) is 83.8 Å². The average molecular weight is 450 g/mol. The molecule has 1 aromatic heterocycles. The van der Waals surface area contributed by atoms with Gasteiger partial charge in [0.1, 0.15) is 11.8 Å². The number of Topliss-reactive ketones (excluding diaryl/α,β-unsaturated/α-hetero) is 1. The summed E-state index contributed by atoms with van der Waals surface area (Å²) in [4.78, 5) is 28.6. The minimum absolute atomic E-state index is 0.0735. The largest absolute Gasteiger partial charge is 0.467 e. The standard InChI is InChI=1S/C26H31N3O4/c1-26(2)13-19-24(21(30)14-26)25(22-10-6-12-33-22)29(20-9-4-3-8-18(20)28-19)16-23(31)27-15-17-7-5-11-32-17/h3-4,6,8-10,12,17,25,28H,5,7,11,13-16H2,1-2H3,(H,27,31)/t17-,25-/m0/s1. The SMILES string of the molecule is CC1(C)CC(=O)C2=C(C1)Nc1ccccc1N(CC(=O)NC[C@@H]1CCCO1)[C@H]2c1ccco1. The van der Waals surface area contributed by atoms with E-state index in [0.29, 0.717) is 24.3 Å². The number of ketones is 1. The van der Waals surface area contributed by atoms with Gasteiger partial charge in [0.05, 0.1) is 30.3 Å². The van der Waals surface area contributed by atoms with E-state index in [2.05, 4.69) is 24.5 Å². The lowest BCUT2D eigenvalue weighted by atomic mass is 9.74. The van der Waals surface area contributed by atoms with Crippen molar-refractivity contribution in [2.75, 3.05) is 29.9 Å². The van der Waals surface area contributed by atoms with E-state index >= 15 is 0 Å². The Morgan fingerprint density at radius 3 is 2.82 bits per heavy atom. The number of nitrogens with one attached hydrogen (secondary N) is 2. The molecular formula is C26H31N3O4. The summed E-state index contributed by atoms with van der Waals surface area (Å²) < 4.78 is 11.5. The number of fused-ring (bicyclic) bond motifs is 1. The lowest BCUT2D eigenvalue weighted by molar-refractivity contribution is -0.121. The second-order valence-electron chi connectivity index (χ2n) is 9.96. The Morgan fingerprint density at radius 2 is 2.06 bits per heavy atom. The first-order valence-electron chi connectivity index (χ1n) is 11.7. The normalized spacial score (nSPS) is 24.1. The number of nitrogens with zero attached hydrogens (tertiary/aromatic N) is 1. The van der Waals surface area contributed by atoms with E-state index in [1.807, 2.05) is 41.3 Å². The Bertz CT molecular complexity index is 1070. The van der Waals surface area contributed by atoms with Crippen LogP contribution in [0.1, 0.15) is 51.3 Å². The lowest BCUT2D eigenvalue weighted by Gasteiger charge is -2.36. The van der Waals surface area contributed by atoms with Gasteiger partial charge < -0.3 is 24.7 Å². The Hall–Kier alpha value is -3.06. The first-order chi connectivity index (χ1) is 15.9. The van der Waals surface area contributed by atoms with Gasteiger partial charge in [-0.25, -0.2) is 0 Å². The van der Waals surface area contributed by atoms with Gasteiger partial charge in [-0.15, -0.1) is 0 Å². The van der Waals surface area contributed by atoms with Gasteiger partial charge in [0.25, 0.3) is 0 Å². The smallest absolute Gasteiger partial charge is 0.239 e. The molecule has 3 heterocycles. The first kappa shape index (κ1) is 21.8. The van der Waals surface area contributed by atoms with Crippen LogP contribution >= 0.6 is 0 Å². The van der Waals surface area contributed by atoms with E-state index < -0.39 is 6.04 Å². The van der Waals surface area contributed by atoms with Gasteiger partial charge in [-0.1, -0.05) is 26.0 Å². The number of carbonyl (C=O) groups is 2. The summed E-state index contributed by atoms with van der Waals surface area (Å²) in [5.74, 6) is 0.637. The Morgan fingerprint density at radius 1 is 1.21 bits per heavy atom. The molecule has 1 fully saturated rings. The molecule has 1 aliphatic carbocycles. The molecule has 7 nitrogen and oxygen atoms in total. The number of ether oxygens (including phenoxy) is 1. The van der Waals surface area contributed by atoms with Crippen LogP contribution < -0.4 is 15.5 Å². The zero-order valence-corrected chi connectivity index (χ0v) is 19.2. The summed E-state index contributed by atoms with van der Waals surface area (Å²) in [6.45, 7) is 5.58. The van der Waals surface area contributed by atoms with E-state index in [0.717, 1.165) is 42.9 Å². The Kier molecular flexibility index (Phi) is 5.74. The van der Waals surface area contributed by atoms with E-state index in [4.69, 9.17) is 9.15 Å². The van der Waals surface area contributed by atoms with Crippen molar-refractivity contribution in [2.45, 2.75) is 51.7 Å². The number of hydrogen-bond acceptors (Lipinski definition) is 6. The summed E-state index contributed by atoms with van der Waals surface area (Å²) in [6.07, 6.45) is 4.89. The molecule has 0 unspecified atom stereocenters. The number of furan rings is 1. The first-order valence-corrected chi connectivity index (χ1v) is 11.7. The number of hydrogen-bond donors (Lipinski definition) is 2. The molecule has 1 aromatic carbocycles. The van der Waals surface area contributed by atoms with Crippen LogP contribution in [0, 0.1) is 5.41 Å². The van der Waals surface area contributed by atoms with Gasteiger partial charge in [-0.05, 0) is 48.9 Å². The van der Waals surface area contributed by atoms with E-state index in [1.54, 1.807) is 6.26 Å². The molecule has 1 saturated heterocycles. The fraction of sp³-hybridized carbons (Fsp3) is 0.462. The van der Waals surface area contributed by atoms with Gasteiger partial charge in [0.2, 0.25) is 5.91 Å². The van der Waals surface area contributed by atoms with Crippen LogP contribution in [0.15, 0.2) is 58.3 Å². The number of anilines is 2. The van der Waals surface area contributed by atoms with Crippen molar-refractivity contribution < 1.29 is 18.7 Å². The zero-order valence-electron chi connectivity index (χ0n) is 19.2. The monoisotopic (exact) mass is 449 g/mol. The minimum Gasteiger partial charge on any atom is -0.467 e. The third-order valence-corrected chi connectivity index (χ3v) is 6.68. The fourth-order valence-electron chi connectivity index (χ4n) is 5.21. The third kappa shape index (κ3) is 4.42. The van der Waals surface area contributed by atoms with E-state index in [1.165, 1.54) is 0 Å². The predicted octanol–water partition coefficient (Wildman–Crippen LogP) is 4.19. The molecule has 3 aliphatic rings. The zero-order chi connectivity index (χ0) is 23.0. The van der Waals surface area contributed by atoms with Gasteiger partial charge in [0, 0.05) is 30.8 Å². The summed E-state index contributed by atoms with van der Waals surface area (Å²) in [5, 5.41) is 6.57. The highest BCUT2D eigenvalue weighted by molar-refractivity contribution is 6.01. The molecule has 7 heteroatoms. The van der Waals surface area contributed by atoms with Gasteiger partial charge in [-0.2, -0.15) is 0 Å². The molecule has 0 bridgehead atoms. The summed E-state index contributed by atoms with van der Waals surface area (Å²) in [6, 6.07) is 11.1. The van der Waals surface area contributed by atoms with Crippen molar-refractivity contribution in [3.8, 4) is 0 Å². The number of carbonyl (C=O) groups excluding carboxylic acids is 2. The maximum absolute atomic E-state index is 13.5.